The molecule has 1 atom stereocenters. The number of hydrogen-bond donors (Lipinski definition) is 2. The molecule has 4 aromatic rings. The molecule has 8 nitrogen and oxygen atoms in total. The van der Waals surface area contributed by atoms with Crippen molar-refractivity contribution in [2.24, 2.45) is 5.92 Å². The second-order valence-electron chi connectivity index (χ2n) is 10.6. The Morgan fingerprint density at radius 2 is 1.77 bits per heavy atom. The predicted molar refractivity (Wildman–Crippen MR) is 173 cm³/mol. The minimum Gasteiger partial charge on any atom is -0.493 e. The number of fused-ring (bicyclic) bond motifs is 1. The SMILES string of the molecule is CCOC(=O)/C=C/c1cc2cc(NC(=O)C(Cc3ccccc3)NC(=O)c3ccc(OCC4CCOCC4)cc3)ccc2s1. The molecular weight excluding hydrogens is 576 g/mol. The van der Waals surface area contributed by atoms with Gasteiger partial charge in [0.05, 0.1) is 13.2 Å². The van der Waals surface area contributed by atoms with Gasteiger partial charge in [0, 0.05) is 46.5 Å². The molecule has 0 radical (unpaired) electrons. The summed E-state index contributed by atoms with van der Waals surface area (Å²) in [5.41, 5.74) is 1.98. The number of hydrogen-bond acceptors (Lipinski definition) is 7. The van der Waals surface area contributed by atoms with Crippen molar-refractivity contribution in [2.45, 2.75) is 32.2 Å². The van der Waals surface area contributed by atoms with Gasteiger partial charge >= 0.3 is 5.97 Å². The van der Waals surface area contributed by atoms with Crippen LogP contribution in [0.15, 0.2) is 84.9 Å². The van der Waals surface area contributed by atoms with E-state index in [1.54, 1.807) is 37.3 Å². The van der Waals surface area contributed by atoms with Crippen LogP contribution in [0.2, 0.25) is 0 Å². The van der Waals surface area contributed by atoms with E-state index in [0.29, 0.717) is 42.6 Å². The second kappa shape index (κ2) is 15.3. The molecule has 44 heavy (non-hydrogen) atoms. The molecule has 2 N–H and O–H groups in total. The van der Waals surface area contributed by atoms with E-state index in [2.05, 4.69) is 10.6 Å². The van der Waals surface area contributed by atoms with E-state index in [1.807, 2.05) is 54.6 Å². The Labute approximate surface area is 261 Å². The summed E-state index contributed by atoms with van der Waals surface area (Å²) >= 11 is 1.53. The molecule has 228 valence electrons. The van der Waals surface area contributed by atoms with Crippen molar-refractivity contribution in [3.05, 3.63) is 101 Å². The topological polar surface area (TPSA) is 103 Å². The molecule has 3 aromatic carbocycles. The van der Waals surface area contributed by atoms with Gasteiger partial charge in [-0.05, 0) is 91.2 Å². The van der Waals surface area contributed by atoms with E-state index in [4.69, 9.17) is 14.2 Å². The van der Waals surface area contributed by atoms with Gasteiger partial charge in [0.15, 0.2) is 0 Å². The van der Waals surface area contributed by atoms with Crippen LogP contribution in [0.1, 0.15) is 40.6 Å². The van der Waals surface area contributed by atoms with Gasteiger partial charge in [-0.25, -0.2) is 4.79 Å². The minimum absolute atomic E-state index is 0.322. The first-order valence-electron chi connectivity index (χ1n) is 14.8. The maximum atomic E-state index is 13.5. The molecule has 1 unspecified atom stereocenters. The first-order valence-corrected chi connectivity index (χ1v) is 15.6. The largest absolute Gasteiger partial charge is 0.493 e. The Kier molecular flexibility index (Phi) is 10.8. The van der Waals surface area contributed by atoms with Gasteiger partial charge in [-0.1, -0.05) is 30.3 Å². The van der Waals surface area contributed by atoms with E-state index >= 15 is 0 Å². The lowest BCUT2D eigenvalue weighted by atomic mass is 10.0. The van der Waals surface area contributed by atoms with Crippen LogP contribution in [-0.4, -0.2) is 50.3 Å². The van der Waals surface area contributed by atoms with Gasteiger partial charge in [0.25, 0.3) is 5.91 Å². The average Bonchev–Trinajstić information content (AvgIpc) is 3.46. The smallest absolute Gasteiger partial charge is 0.330 e. The molecule has 5 rings (SSSR count). The molecular formula is C35H36N2O6S. The Balaban J connectivity index is 1.25. The molecule has 0 aliphatic carbocycles. The fourth-order valence-electron chi connectivity index (χ4n) is 4.92. The average molecular weight is 613 g/mol. The lowest BCUT2D eigenvalue weighted by molar-refractivity contribution is -0.137. The zero-order chi connectivity index (χ0) is 30.7. The number of carbonyl (C=O) groups is 3. The van der Waals surface area contributed by atoms with Gasteiger partial charge in [-0.3, -0.25) is 9.59 Å². The van der Waals surface area contributed by atoms with Crippen LogP contribution in [0.4, 0.5) is 5.69 Å². The van der Waals surface area contributed by atoms with Gasteiger partial charge in [0.2, 0.25) is 5.91 Å². The molecule has 2 amide bonds. The second-order valence-corrected chi connectivity index (χ2v) is 11.7. The maximum Gasteiger partial charge on any atom is 0.330 e. The quantitative estimate of drug-likeness (QED) is 0.145. The molecule has 0 spiro atoms. The fourth-order valence-corrected chi connectivity index (χ4v) is 5.87. The van der Waals surface area contributed by atoms with E-state index in [9.17, 15) is 14.4 Å². The van der Waals surface area contributed by atoms with Crippen LogP contribution in [0, 0.1) is 5.92 Å². The fraction of sp³-hybridized carbons (Fsp3) is 0.286. The van der Waals surface area contributed by atoms with Crippen LogP contribution in [0.25, 0.3) is 16.2 Å². The van der Waals surface area contributed by atoms with Gasteiger partial charge in [-0.2, -0.15) is 0 Å². The van der Waals surface area contributed by atoms with Crippen molar-refractivity contribution < 1.29 is 28.6 Å². The number of benzene rings is 3. The Morgan fingerprint density at radius 3 is 2.52 bits per heavy atom. The lowest BCUT2D eigenvalue weighted by Gasteiger charge is -2.22. The van der Waals surface area contributed by atoms with E-state index in [0.717, 1.165) is 46.6 Å². The Bertz CT molecular complexity index is 1590. The predicted octanol–water partition coefficient (Wildman–Crippen LogP) is 6.26. The van der Waals surface area contributed by atoms with Gasteiger partial charge in [0.1, 0.15) is 11.8 Å². The highest BCUT2D eigenvalue weighted by molar-refractivity contribution is 7.19. The molecule has 0 bridgehead atoms. The molecule has 1 aliphatic heterocycles. The highest BCUT2D eigenvalue weighted by Crippen LogP contribution is 2.29. The van der Waals surface area contributed by atoms with Crippen molar-refractivity contribution in [3.8, 4) is 5.75 Å². The van der Waals surface area contributed by atoms with Crippen LogP contribution in [0.3, 0.4) is 0 Å². The first kappa shape index (κ1) is 31.0. The lowest BCUT2D eigenvalue weighted by Crippen LogP contribution is -2.45. The van der Waals surface area contributed by atoms with Crippen LogP contribution >= 0.6 is 11.3 Å². The Morgan fingerprint density at radius 1 is 1.00 bits per heavy atom. The van der Waals surface area contributed by atoms with E-state index in [1.165, 1.54) is 17.4 Å². The summed E-state index contributed by atoms with van der Waals surface area (Å²) in [5, 5.41) is 6.83. The van der Waals surface area contributed by atoms with Crippen LogP contribution < -0.4 is 15.4 Å². The van der Waals surface area contributed by atoms with Crippen molar-refractivity contribution in [1.29, 1.82) is 0 Å². The van der Waals surface area contributed by atoms with Crippen molar-refractivity contribution in [1.82, 2.24) is 5.32 Å². The third-order valence-corrected chi connectivity index (χ3v) is 8.40. The summed E-state index contributed by atoms with van der Waals surface area (Å²) in [6.45, 7) is 4.24. The number of nitrogens with one attached hydrogen (secondary N) is 2. The number of rotatable bonds is 12. The summed E-state index contributed by atoms with van der Waals surface area (Å²) in [6.07, 6.45) is 5.43. The molecule has 1 fully saturated rings. The first-order chi connectivity index (χ1) is 21.5. The van der Waals surface area contributed by atoms with Crippen molar-refractivity contribution >= 4 is 51.0 Å². The molecule has 1 aromatic heterocycles. The monoisotopic (exact) mass is 612 g/mol. The number of anilines is 1. The number of amides is 2. The third-order valence-electron chi connectivity index (χ3n) is 7.32. The van der Waals surface area contributed by atoms with E-state index in [-0.39, 0.29) is 17.8 Å². The highest BCUT2D eigenvalue weighted by atomic mass is 32.1. The number of thiophene rings is 1. The number of carbonyl (C=O) groups excluding carboxylic acids is 3. The molecule has 9 heteroatoms. The zero-order valence-corrected chi connectivity index (χ0v) is 25.4. The molecule has 1 saturated heterocycles. The Hall–Kier alpha value is -4.47. The van der Waals surface area contributed by atoms with Crippen LogP contribution in [0.5, 0.6) is 5.75 Å². The highest BCUT2D eigenvalue weighted by Gasteiger charge is 2.23. The summed E-state index contributed by atoms with van der Waals surface area (Å²) in [4.78, 5) is 39.4. The van der Waals surface area contributed by atoms with Crippen LogP contribution in [-0.2, 0) is 25.5 Å². The standard InChI is InChI=1S/C35H36N2O6S/c1-2-42-33(38)15-13-30-22-27-21-28(10-14-32(27)44-30)36-35(40)31(20-24-6-4-3-5-7-24)37-34(39)26-8-11-29(12-9-26)43-23-25-16-18-41-19-17-25/h3-15,21-22,25,31H,2,16-20,23H2,1H3,(H,36,40)(H,37,39)/b15-13+. The number of ether oxygens (including phenoxy) is 3. The van der Waals surface area contributed by atoms with Crippen molar-refractivity contribution in [2.75, 3.05) is 31.7 Å². The summed E-state index contributed by atoms with van der Waals surface area (Å²) in [5.74, 6) is 0.118. The van der Waals surface area contributed by atoms with Crippen molar-refractivity contribution in [3.63, 3.8) is 0 Å². The molecule has 2 heterocycles. The summed E-state index contributed by atoms with van der Waals surface area (Å²) in [7, 11) is 0. The zero-order valence-electron chi connectivity index (χ0n) is 24.6. The normalized spacial score (nSPS) is 14.3. The molecule has 1 aliphatic rings. The maximum absolute atomic E-state index is 13.5. The van der Waals surface area contributed by atoms with E-state index < -0.39 is 6.04 Å². The van der Waals surface area contributed by atoms with Gasteiger partial charge < -0.3 is 24.8 Å². The van der Waals surface area contributed by atoms with Gasteiger partial charge in [-0.15, -0.1) is 11.3 Å². The molecule has 0 saturated carbocycles. The third kappa shape index (κ3) is 8.78. The summed E-state index contributed by atoms with van der Waals surface area (Å²) in [6, 6.07) is 23.4. The summed E-state index contributed by atoms with van der Waals surface area (Å²) < 4.78 is 17.3. The minimum atomic E-state index is -0.810. The number of esters is 1.